The molecule has 0 atom stereocenters. The number of anilines is 2. The average Bonchev–Trinajstić information content (AvgIpc) is 3.98. The lowest BCUT2D eigenvalue weighted by Crippen LogP contribution is -2.32. The minimum absolute atomic E-state index is 0.0382. The van der Waals surface area contributed by atoms with E-state index in [1.54, 1.807) is 0 Å². The minimum atomic E-state index is -0.253. The van der Waals surface area contributed by atoms with Crippen LogP contribution in [0.4, 0.5) is 11.4 Å². The van der Waals surface area contributed by atoms with Crippen LogP contribution < -0.4 is 14.5 Å². The Hall–Kier alpha value is -7.37. The van der Waals surface area contributed by atoms with Gasteiger partial charge in [-0.15, -0.1) is 0 Å². The predicted molar refractivity (Wildman–Crippen MR) is 309 cm³/mol. The van der Waals surface area contributed by atoms with Crippen molar-refractivity contribution in [2.75, 3.05) is 16.5 Å². The Morgan fingerprint density at radius 3 is 1.60 bits per heavy atom. The molecule has 370 valence electrons. The lowest BCUT2D eigenvalue weighted by atomic mass is 9.73. The summed E-state index contributed by atoms with van der Waals surface area (Å²) in [5, 5.41) is 2.43. The molecule has 0 unspecified atom stereocenters. The molecule has 3 heterocycles. The molecule has 0 radical (unpaired) electrons. The summed E-state index contributed by atoms with van der Waals surface area (Å²) < 4.78 is 9.58. The first-order chi connectivity index (χ1) is 34.6. The zero-order valence-corrected chi connectivity index (χ0v) is 45.3. The van der Waals surface area contributed by atoms with E-state index in [0.29, 0.717) is 6.67 Å². The highest BCUT2D eigenvalue weighted by molar-refractivity contribution is 6.11. The van der Waals surface area contributed by atoms with Gasteiger partial charge in [0.2, 0.25) is 0 Å². The number of ether oxygens (including phenoxy) is 1. The van der Waals surface area contributed by atoms with E-state index >= 15 is 0 Å². The number of hydrogen-bond donors (Lipinski definition) is 0. The summed E-state index contributed by atoms with van der Waals surface area (Å²) in [5.74, 6) is 2.45. The van der Waals surface area contributed by atoms with Gasteiger partial charge < -0.3 is 14.5 Å². The van der Waals surface area contributed by atoms with Gasteiger partial charge in [0.1, 0.15) is 17.3 Å². The number of allylic oxidation sites excluding steroid dienone is 1. The number of pyridine rings is 1. The Morgan fingerprint density at radius 1 is 0.438 bits per heavy atom. The predicted octanol–water partition coefficient (Wildman–Crippen LogP) is 18.1. The van der Waals surface area contributed by atoms with Crippen LogP contribution in [-0.2, 0) is 21.7 Å². The van der Waals surface area contributed by atoms with E-state index in [9.17, 15) is 0 Å². The summed E-state index contributed by atoms with van der Waals surface area (Å²) in [6.45, 7) is 30.7. The van der Waals surface area contributed by atoms with Crippen molar-refractivity contribution in [3.8, 4) is 28.4 Å². The van der Waals surface area contributed by atoms with Crippen LogP contribution in [0.1, 0.15) is 123 Å². The largest absolute Gasteiger partial charge is 0.457 e. The molecule has 0 saturated carbocycles. The molecule has 0 N–H and O–H groups in total. The van der Waals surface area contributed by atoms with Gasteiger partial charge in [0.05, 0.1) is 17.7 Å². The van der Waals surface area contributed by atoms with Crippen LogP contribution in [-0.4, -0.2) is 16.2 Å². The number of hydrogen-bond acceptors (Lipinski definition) is 4. The molecule has 0 spiro atoms. The molecule has 5 nitrogen and oxygen atoms in total. The molecule has 0 saturated heterocycles. The minimum Gasteiger partial charge on any atom is -0.457 e. The maximum Gasteiger partial charge on any atom is 0.137 e. The second kappa shape index (κ2) is 18.3. The third-order valence-electron chi connectivity index (χ3n) is 15.3. The molecular weight excluding hydrogens is 889 g/mol. The molecule has 10 rings (SSSR count). The standard InChI is InChI=1S/C68H72N4O/c1-64(2,3)50-33-34-69-62(40-50)72-59-32-24-23-31-57(59)63-58(65(4,5)6)42-56(43-60(63)72)73-55-36-47(46-25-17-14-18-26-46)35-53(41-55)70-44-61(66(7,8)9)71(45-70)54-38-51(67(10,11)48-27-19-15-20-28-48)37-52(39-54)68(12,13)49-29-21-16-22-30-49/h14-44H,45H2,1-13H3. The first kappa shape index (κ1) is 49.2. The lowest BCUT2D eigenvalue weighted by molar-refractivity contribution is 0.480. The summed E-state index contributed by atoms with van der Waals surface area (Å²) in [6.07, 6.45) is 4.32. The van der Waals surface area contributed by atoms with Crippen molar-refractivity contribution in [2.45, 2.75) is 112 Å². The van der Waals surface area contributed by atoms with Crippen molar-refractivity contribution in [3.63, 3.8) is 0 Å². The Balaban J connectivity index is 1.11. The van der Waals surface area contributed by atoms with Crippen LogP contribution >= 0.6 is 0 Å². The number of rotatable bonds is 10. The van der Waals surface area contributed by atoms with Gasteiger partial charge in [0.25, 0.3) is 0 Å². The van der Waals surface area contributed by atoms with E-state index in [1.807, 2.05) is 6.20 Å². The van der Waals surface area contributed by atoms with Crippen molar-refractivity contribution in [3.05, 3.63) is 227 Å². The molecule has 0 amide bonds. The highest BCUT2D eigenvalue weighted by Gasteiger charge is 2.35. The SMILES string of the molecule is CC(C)(C)C1=CN(c2cc(Oc3cc(C(C)(C)C)c4c5ccccc5n(-c5cc(C(C)(C)C)ccn5)c4c3)cc(-c3ccccc3)c2)CN1c1cc(C(C)(C)c2ccccc2)cc(C(C)(C)c2ccccc2)c1. The molecule has 7 aromatic carbocycles. The second-order valence-electron chi connectivity index (χ2n) is 24.4. The summed E-state index contributed by atoms with van der Waals surface area (Å²) in [5.41, 5.74) is 14.6. The molecule has 0 aliphatic carbocycles. The number of nitrogens with zero attached hydrogens (tertiary/aromatic N) is 4. The van der Waals surface area contributed by atoms with Crippen LogP contribution in [0.15, 0.2) is 194 Å². The first-order valence-electron chi connectivity index (χ1n) is 26.0. The zero-order valence-electron chi connectivity index (χ0n) is 45.3. The zero-order chi connectivity index (χ0) is 51.7. The maximum absolute atomic E-state index is 7.25. The van der Waals surface area contributed by atoms with Gasteiger partial charge in [-0.2, -0.15) is 0 Å². The Kier molecular flexibility index (Phi) is 12.3. The van der Waals surface area contributed by atoms with Crippen molar-refractivity contribution < 1.29 is 4.74 Å². The van der Waals surface area contributed by atoms with E-state index in [2.05, 4.69) is 287 Å². The summed E-state index contributed by atoms with van der Waals surface area (Å²) in [6, 6.07) is 64.2. The summed E-state index contributed by atoms with van der Waals surface area (Å²) in [7, 11) is 0. The fourth-order valence-corrected chi connectivity index (χ4v) is 10.7. The van der Waals surface area contributed by atoms with E-state index < -0.39 is 0 Å². The van der Waals surface area contributed by atoms with Crippen molar-refractivity contribution in [1.29, 1.82) is 0 Å². The number of para-hydroxylation sites is 1. The summed E-state index contributed by atoms with van der Waals surface area (Å²) in [4.78, 5) is 9.97. The average molecular weight is 961 g/mol. The quantitative estimate of drug-likeness (QED) is 0.137. The molecule has 0 bridgehead atoms. The van der Waals surface area contributed by atoms with Gasteiger partial charge in [0, 0.05) is 68.6 Å². The van der Waals surface area contributed by atoms with Crippen LogP contribution in [0, 0.1) is 5.41 Å². The fraction of sp³-hybridized carbons (Fsp3) is 0.279. The topological polar surface area (TPSA) is 33.5 Å². The van der Waals surface area contributed by atoms with Gasteiger partial charge in [-0.05, 0) is 104 Å². The Labute approximate surface area is 434 Å². The molecular formula is C68H72N4O. The fourth-order valence-electron chi connectivity index (χ4n) is 10.7. The monoisotopic (exact) mass is 961 g/mol. The number of aromatic nitrogens is 2. The normalized spacial score (nSPS) is 13.8. The molecule has 0 fully saturated rings. The molecule has 2 aromatic heterocycles. The highest BCUT2D eigenvalue weighted by atomic mass is 16.5. The highest BCUT2D eigenvalue weighted by Crippen LogP contribution is 2.47. The van der Waals surface area contributed by atoms with Gasteiger partial charge >= 0.3 is 0 Å². The molecule has 9 aromatic rings. The number of fused-ring (bicyclic) bond motifs is 3. The third kappa shape index (κ3) is 9.47. The molecule has 1 aliphatic heterocycles. The Morgan fingerprint density at radius 2 is 1.01 bits per heavy atom. The molecule has 5 heteroatoms. The van der Waals surface area contributed by atoms with Crippen LogP contribution in [0.5, 0.6) is 11.5 Å². The van der Waals surface area contributed by atoms with Crippen molar-refractivity contribution in [1.82, 2.24) is 9.55 Å². The van der Waals surface area contributed by atoms with Crippen molar-refractivity contribution in [2.24, 2.45) is 5.41 Å². The van der Waals surface area contributed by atoms with Crippen molar-refractivity contribution >= 4 is 33.2 Å². The van der Waals surface area contributed by atoms with Crippen LogP contribution in [0.3, 0.4) is 0 Å². The van der Waals surface area contributed by atoms with E-state index in [-0.39, 0.29) is 27.1 Å². The van der Waals surface area contributed by atoms with Gasteiger partial charge in [-0.1, -0.05) is 205 Å². The number of benzene rings is 7. The van der Waals surface area contributed by atoms with Gasteiger partial charge in [-0.25, -0.2) is 4.98 Å². The van der Waals surface area contributed by atoms with E-state index in [0.717, 1.165) is 45.2 Å². The first-order valence-corrected chi connectivity index (χ1v) is 26.0. The maximum atomic E-state index is 7.25. The summed E-state index contributed by atoms with van der Waals surface area (Å²) >= 11 is 0. The molecule has 73 heavy (non-hydrogen) atoms. The van der Waals surface area contributed by atoms with Gasteiger partial charge in [0.15, 0.2) is 0 Å². The molecule has 1 aliphatic rings. The van der Waals surface area contributed by atoms with E-state index in [4.69, 9.17) is 9.72 Å². The third-order valence-corrected chi connectivity index (χ3v) is 15.3. The lowest BCUT2D eigenvalue weighted by Gasteiger charge is -2.35. The Bertz CT molecular complexity index is 3440. The van der Waals surface area contributed by atoms with Crippen LogP contribution in [0.25, 0.3) is 38.8 Å². The second-order valence-corrected chi connectivity index (χ2v) is 24.4. The smallest absolute Gasteiger partial charge is 0.137 e. The van der Waals surface area contributed by atoms with Crippen LogP contribution in [0.2, 0.25) is 0 Å². The van der Waals surface area contributed by atoms with E-state index in [1.165, 1.54) is 55.5 Å². The van der Waals surface area contributed by atoms with Gasteiger partial charge in [-0.3, -0.25) is 4.57 Å².